The lowest BCUT2D eigenvalue weighted by molar-refractivity contribution is 0.181. The van der Waals surface area contributed by atoms with Gasteiger partial charge in [0.05, 0.1) is 11.0 Å². The van der Waals surface area contributed by atoms with Gasteiger partial charge in [-0.15, -0.1) is 0 Å². The van der Waals surface area contributed by atoms with Gasteiger partial charge in [0, 0.05) is 18.7 Å². The van der Waals surface area contributed by atoms with Crippen LogP contribution in [-0.4, -0.2) is 33.7 Å². The average Bonchev–Trinajstić information content (AvgIpc) is 2.91. The molecule has 0 radical (unpaired) electrons. The van der Waals surface area contributed by atoms with Gasteiger partial charge in [0.1, 0.15) is 17.9 Å². The minimum Gasteiger partial charge on any atom is -0.426 e. The molecular formula is C21H21BFN3O3. The molecule has 6 nitrogen and oxygen atoms in total. The topological polar surface area (TPSA) is 87.5 Å². The van der Waals surface area contributed by atoms with E-state index in [9.17, 15) is 14.4 Å². The van der Waals surface area contributed by atoms with Crippen LogP contribution in [0.2, 0.25) is 0 Å². The highest BCUT2D eigenvalue weighted by molar-refractivity contribution is 6.46. The van der Waals surface area contributed by atoms with Crippen LogP contribution in [0.15, 0.2) is 54.9 Å². The van der Waals surface area contributed by atoms with Crippen LogP contribution in [0.25, 0.3) is 0 Å². The van der Waals surface area contributed by atoms with E-state index in [0.717, 1.165) is 22.4 Å². The zero-order valence-electron chi connectivity index (χ0n) is 16.0. The molecule has 0 spiro atoms. The maximum atomic E-state index is 13.3. The predicted octanol–water partition coefficient (Wildman–Crippen LogP) is 1.90. The zero-order chi connectivity index (χ0) is 20.4. The number of halogens is 1. The summed E-state index contributed by atoms with van der Waals surface area (Å²) in [6.45, 7) is 2.00. The lowest BCUT2D eigenvalue weighted by Crippen LogP contribution is -2.53. The van der Waals surface area contributed by atoms with Crippen LogP contribution >= 0.6 is 0 Å². The number of aryl methyl sites for hydroxylation is 1. The molecule has 0 aliphatic carbocycles. The van der Waals surface area contributed by atoms with Gasteiger partial charge in [0.15, 0.2) is 0 Å². The first-order valence-electron chi connectivity index (χ1n) is 9.39. The number of aromatic nitrogens is 2. The Bertz CT molecular complexity index is 1020. The van der Waals surface area contributed by atoms with Crippen molar-refractivity contribution in [3.8, 4) is 5.75 Å². The molecule has 0 bridgehead atoms. The van der Waals surface area contributed by atoms with E-state index in [4.69, 9.17) is 4.84 Å². The second-order valence-corrected chi connectivity index (χ2v) is 7.33. The first-order valence-corrected chi connectivity index (χ1v) is 9.39. The van der Waals surface area contributed by atoms with Gasteiger partial charge in [0.2, 0.25) is 0 Å². The Labute approximate surface area is 168 Å². The van der Waals surface area contributed by atoms with Gasteiger partial charge in [0.25, 0.3) is 0 Å². The Kier molecular flexibility index (Phi) is 5.32. The molecule has 0 saturated carbocycles. The fraction of sp³-hybridized carbons (Fsp3) is 0.238. The van der Waals surface area contributed by atoms with E-state index in [0.29, 0.717) is 24.3 Å². The number of hydrogen-bond donors (Lipinski definition) is 3. The summed E-state index contributed by atoms with van der Waals surface area (Å²) in [5.41, 5.74) is 6.64. The van der Waals surface area contributed by atoms with Crippen molar-refractivity contribution in [2.75, 3.05) is 6.54 Å². The third kappa shape index (κ3) is 3.74. The molecule has 1 aliphatic rings. The normalized spacial score (nSPS) is 18.5. The van der Waals surface area contributed by atoms with E-state index in [-0.39, 0.29) is 12.4 Å². The molecule has 1 aliphatic heterocycles. The molecule has 2 aromatic carbocycles. The predicted molar refractivity (Wildman–Crippen MR) is 107 cm³/mol. The lowest BCUT2D eigenvalue weighted by Gasteiger charge is -2.32. The molecule has 1 atom stereocenters. The van der Waals surface area contributed by atoms with Crippen LogP contribution in [0.5, 0.6) is 5.75 Å². The number of fused-ring (bicyclic) bond motifs is 1. The summed E-state index contributed by atoms with van der Waals surface area (Å²) >= 11 is 0. The third-order valence-electron chi connectivity index (χ3n) is 5.47. The second kappa shape index (κ2) is 7.90. The van der Waals surface area contributed by atoms with E-state index in [1.165, 1.54) is 18.5 Å². The van der Waals surface area contributed by atoms with Crippen LogP contribution in [0.1, 0.15) is 28.1 Å². The van der Waals surface area contributed by atoms with Gasteiger partial charge in [-0.3, -0.25) is 0 Å². The molecule has 8 heteroatoms. The SMILES string of the molecule is Cc1ncnc(C2(B(O)O)CNOc3ccccc3C2)c1Cc1ccc(F)cc1. The number of benzene rings is 2. The molecule has 4 rings (SSSR count). The van der Waals surface area contributed by atoms with Crippen molar-refractivity contribution >= 4 is 7.12 Å². The number of rotatable bonds is 4. The molecule has 0 fully saturated rings. The van der Waals surface area contributed by atoms with Crippen LogP contribution in [0, 0.1) is 12.7 Å². The summed E-state index contributed by atoms with van der Waals surface area (Å²) < 4.78 is 13.3. The zero-order valence-corrected chi connectivity index (χ0v) is 16.0. The van der Waals surface area contributed by atoms with E-state index in [2.05, 4.69) is 15.4 Å². The quantitative estimate of drug-likeness (QED) is 0.587. The fourth-order valence-corrected chi connectivity index (χ4v) is 3.81. The van der Waals surface area contributed by atoms with E-state index >= 15 is 0 Å². The van der Waals surface area contributed by atoms with Gasteiger partial charge >= 0.3 is 7.12 Å². The summed E-state index contributed by atoms with van der Waals surface area (Å²) in [4.78, 5) is 14.4. The van der Waals surface area contributed by atoms with Gasteiger partial charge in [-0.25, -0.2) is 14.4 Å². The highest BCUT2D eigenvalue weighted by atomic mass is 19.1. The molecular weight excluding hydrogens is 372 g/mol. The van der Waals surface area contributed by atoms with Crippen LogP contribution in [-0.2, 0) is 18.2 Å². The maximum absolute atomic E-state index is 13.3. The smallest absolute Gasteiger partial charge is 0.426 e. The van der Waals surface area contributed by atoms with Crippen molar-refractivity contribution < 1.29 is 19.3 Å². The van der Waals surface area contributed by atoms with Crippen molar-refractivity contribution in [1.29, 1.82) is 0 Å². The molecule has 0 saturated heterocycles. The second-order valence-electron chi connectivity index (χ2n) is 7.33. The Hall–Kier alpha value is -2.81. The number of nitrogens with zero attached hydrogens (tertiary/aromatic N) is 2. The minimum atomic E-state index is -1.69. The Morgan fingerprint density at radius 3 is 2.66 bits per heavy atom. The minimum absolute atomic E-state index is 0.145. The monoisotopic (exact) mass is 393 g/mol. The van der Waals surface area contributed by atoms with Crippen molar-refractivity contribution in [2.24, 2.45) is 0 Å². The highest BCUT2D eigenvalue weighted by Crippen LogP contribution is 2.36. The molecule has 3 aromatic rings. The number of hydrogen-bond acceptors (Lipinski definition) is 6. The summed E-state index contributed by atoms with van der Waals surface area (Å²) in [6, 6.07) is 13.7. The summed E-state index contributed by atoms with van der Waals surface area (Å²) in [5, 5.41) is 19.9. The number of para-hydroxylation sites is 1. The number of nitrogens with one attached hydrogen (secondary N) is 1. The summed E-state index contributed by atoms with van der Waals surface area (Å²) in [5.74, 6) is 0.333. The first-order chi connectivity index (χ1) is 14.0. The average molecular weight is 393 g/mol. The standard InChI is InChI=1S/C21H21BFN3O3/c1-14-18(10-15-6-8-17(23)9-7-15)20(25-13-24-14)21(22(27)28)11-16-4-2-3-5-19(16)29-26-12-21/h2-9,13,26-28H,10-12H2,1H3. The van der Waals surface area contributed by atoms with E-state index in [1.807, 2.05) is 31.2 Å². The molecule has 29 heavy (non-hydrogen) atoms. The van der Waals surface area contributed by atoms with Crippen molar-refractivity contribution in [3.05, 3.63) is 88.8 Å². The Morgan fingerprint density at radius 2 is 1.90 bits per heavy atom. The molecule has 148 valence electrons. The van der Waals surface area contributed by atoms with Gasteiger partial charge in [-0.1, -0.05) is 30.3 Å². The van der Waals surface area contributed by atoms with Crippen molar-refractivity contribution in [1.82, 2.24) is 15.4 Å². The molecule has 0 amide bonds. The summed E-state index contributed by atoms with van der Waals surface area (Å²) in [6.07, 6.45) is 2.20. The Morgan fingerprint density at radius 1 is 1.14 bits per heavy atom. The fourth-order valence-electron chi connectivity index (χ4n) is 3.81. The largest absolute Gasteiger partial charge is 0.466 e. The summed E-state index contributed by atoms with van der Waals surface area (Å²) in [7, 11) is -1.69. The molecule has 2 heterocycles. The third-order valence-corrected chi connectivity index (χ3v) is 5.47. The van der Waals surface area contributed by atoms with Crippen LogP contribution in [0.3, 0.4) is 0 Å². The van der Waals surface area contributed by atoms with E-state index in [1.54, 1.807) is 12.1 Å². The van der Waals surface area contributed by atoms with Crippen LogP contribution < -0.4 is 10.3 Å². The van der Waals surface area contributed by atoms with Crippen molar-refractivity contribution in [3.63, 3.8) is 0 Å². The van der Waals surface area contributed by atoms with Crippen LogP contribution in [0.4, 0.5) is 4.39 Å². The molecule has 1 unspecified atom stereocenters. The lowest BCUT2D eigenvalue weighted by atomic mass is 9.52. The molecule has 3 N–H and O–H groups in total. The number of hydroxylamine groups is 1. The molecule has 1 aromatic heterocycles. The van der Waals surface area contributed by atoms with E-state index < -0.39 is 12.4 Å². The van der Waals surface area contributed by atoms with Gasteiger partial charge < -0.3 is 14.9 Å². The van der Waals surface area contributed by atoms with Gasteiger partial charge in [-0.05, 0) is 48.2 Å². The highest BCUT2D eigenvalue weighted by Gasteiger charge is 2.48. The first kappa shape index (κ1) is 19.5. The van der Waals surface area contributed by atoms with Gasteiger partial charge in [-0.2, -0.15) is 5.48 Å². The Balaban J connectivity index is 1.82. The van der Waals surface area contributed by atoms with Crippen molar-refractivity contribution in [2.45, 2.75) is 25.1 Å². The maximum Gasteiger partial charge on any atom is 0.466 e.